The summed E-state index contributed by atoms with van der Waals surface area (Å²) in [6.07, 6.45) is 5.93. The van der Waals surface area contributed by atoms with Crippen molar-refractivity contribution in [2.45, 2.75) is 45.2 Å². The van der Waals surface area contributed by atoms with Gasteiger partial charge in [-0.1, -0.05) is 6.42 Å². The van der Waals surface area contributed by atoms with Crippen LogP contribution in [0.4, 0.5) is 0 Å². The molecular weight excluding hydrogens is 288 g/mol. The molecule has 114 valence electrons. The number of piperidine rings is 1. The van der Waals surface area contributed by atoms with Gasteiger partial charge in [0.05, 0.1) is 5.56 Å². The Labute approximate surface area is 128 Å². The van der Waals surface area contributed by atoms with Crippen LogP contribution in [0.25, 0.3) is 6.08 Å². The van der Waals surface area contributed by atoms with Gasteiger partial charge in [-0.05, 0) is 38.8 Å². The van der Waals surface area contributed by atoms with Crippen molar-refractivity contribution in [2.24, 2.45) is 0 Å². The topological polar surface area (TPSA) is 69.6 Å². The molecule has 0 saturated carbocycles. The minimum atomic E-state index is -0.995. The second-order valence-electron chi connectivity index (χ2n) is 5.39. The van der Waals surface area contributed by atoms with Crippen LogP contribution in [-0.2, 0) is 4.79 Å². The Morgan fingerprint density at radius 3 is 2.67 bits per heavy atom. The Morgan fingerprint density at radius 1 is 1.38 bits per heavy atom. The fourth-order valence-electron chi connectivity index (χ4n) is 2.54. The highest BCUT2D eigenvalue weighted by atomic mass is 32.1. The van der Waals surface area contributed by atoms with E-state index in [2.05, 4.69) is 19.3 Å². The zero-order chi connectivity index (χ0) is 15.4. The number of thiophene rings is 1. The number of amides is 1. The Morgan fingerprint density at radius 2 is 2.05 bits per heavy atom. The lowest BCUT2D eigenvalue weighted by Gasteiger charge is -2.38. The van der Waals surface area contributed by atoms with E-state index in [4.69, 9.17) is 5.11 Å². The fourth-order valence-corrected chi connectivity index (χ4v) is 3.32. The summed E-state index contributed by atoms with van der Waals surface area (Å²) in [6, 6.07) is 2.38. The average Bonchev–Trinajstić information content (AvgIpc) is 2.89. The number of hydrazine groups is 1. The molecule has 2 rings (SSSR count). The number of nitrogens with one attached hydrogen (secondary N) is 1. The summed E-state index contributed by atoms with van der Waals surface area (Å²) in [4.78, 5) is 23.5. The average molecular weight is 308 g/mol. The maximum atomic E-state index is 12.3. The van der Waals surface area contributed by atoms with Gasteiger partial charge in [0.1, 0.15) is 0 Å². The van der Waals surface area contributed by atoms with Gasteiger partial charge in [-0.25, -0.2) is 9.80 Å². The van der Waals surface area contributed by atoms with E-state index in [1.54, 1.807) is 11.4 Å². The van der Waals surface area contributed by atoms with Crippen molar-refractivity contribution in [3.8, 4) is 0 Å². The van der Waals surface area contributed by atoms with Crippen LogP contribution in [0.1, 0.15) is 48.3 Å². The molecule has 0 aliphatic carbocycles. The van der Waals surface area contributed by atoms with Gasteiger partial charge in [-0.3, -0.25) is 10.2 Å². The minimum absolute atomic E-state index is 0.137. The lowest BCUT2D eigenvalue weighted by atomic mass is 10.00. The molecule has 0 bridgehead atoms. The Hall–Kier alpha value is -1.66. The lowest BCUT2D eigenvalue weighted by molar-refractivity contribution is -0.131. The summed E-state index contributed by atoms with van der Waals surface area (Å²) in [5.74, 6) is -1.13. The molecule has 1 fully saturated rings. The van der Waals surface area contributed by atoms with Crippen molar-refractivity contribution in [3.05, 3.63) is 28.0 Å². The molecule has 1 amide bonds. The molecule has 1 aliphatic rings. The Bertz CT molecular complexity index is 543. The van der Waals surface area contributed by atoms with Crippen molar-refractivity contribution in [1.29, 1.82) is 0 Å². The van der Waals surface area contributed by atoms with Crippen LogP contribution in [0, 0.1) is 0 Å². The number of hydrogen-bond acceptors (Lipinski definition) is 4. The monoisotopic (exact) mass is 308 g/mol. The summed E-state index contributed by atoms with van der Waals surface area (Å²) >= 11 is 1.35. The second-order valence-corrected chi connectivity index (χ2v) is 6.33. The first-order chi connectivity index (χ1) is 9.97. The van der Waals surface area contributed by atoms with Gasteiger partial charge < -0.3 is 5.11 Å². The van der Waals surface area contributed by atoms with E-state index in [1.807, 2.05) is 5.01 Å². The van der Waals surface area contributed by atoms with Crippen LogP contribution in [0.5, 0.6) is 0 Å². The van der Waals surface area contributed by atoms with Gasteiger partial charge in [-0.15, -0.1) is 11.3 Å². The predicted molar refractivity (Wildman–Crippen MR) is 83.1 cm³/mol. The first-order valence-electron chi connectivity index (χ1n) is 7.06. The first kappa shape index (κ1) is 15.7. The lowest BCUT2D eigenvalue weighted by Crippen LogP contribution is -2.54. The number of carbonyl (C=O) groups excluding carboxylic acids is 1. The highest BCUT2D eigenvalue weighted by Crippen LogP contribution is 2.21. The van der Waals surface area contributed by atoms with Gasteiger partial charge in [0, 0.05) is 28.4 Å². The van der Waals surface area contributed by atoms with Gasteiger partial charge in [0.15, 0.2) is 0 Å². The zero-order valence-electron chi connectivity index (χ0n) is 12.2. The highest BCUT2D eigenvalue weighted by Gasteiger charge is 2.26. The van der Waals surface area contributed by atoms with Crippen LogP contribution in [-0.4, -0.2) is 34.1 Å². The van der Waals surface area contributed by atoms with Gasteiger partial charge in [-0.2, -0.15) is 0 Å². The number of hydrogen-bond donors (Lipinski definition) is 2. The van der Waals surface area contributed by atoms with Crippen molar-refractivity contribution in [3.63, 3.8) is 0 Å². The van der Waals surface area contributed by atoms with E-state index in [9.17, 15) is 9.59 Å². The molecule has 6 heteroatoms. The third-order valence-electron chi connectivity index (χ3n) is 3.70. The first-order valence-corrected chi connectivity index (χ1v) is 7.94. The van der Waals surface area contributed by atoms with Crippen LogP contribution < -0.4 is 5.43 Å². The number of carboxylic acids is 1. The molecule has 2 atom stereocenters. The number of aliphatic carboxylic acids is 1. The molecule has 5 nitrogen and oxygen atoms in total. The van der Waals surface area contributed by atoms with Crippen molar-refractivity contribution in [1.82, 2.24) is 10.4 Å². The number of rotatable bonds is 4. The standard InChI is InChI=1S/C15H20N2O3S/c1-10-4-3-5-11(2)17(10)16-15(20)12-8-13(21-9-12)6-7-14(18)19/h6-11H,3-5H2,1-2H3,(H,16,20)(H,18,19)/b7-6+. The normalized spacial score (nSPS) is 23.3. The van der Waals surface area contributed by atoms with E-state index in [-0.39, 0.29) is 5.91 Å². The summed E-state index contributed by atoms with van der Waals surface area (Å²) in [5.41, 5.74) is 3.54. The molecule has 1 aromatic rings. The van der Waals surface area contributed by atoms with Gasteiger partial charge in [0.25, 0.3) is 5.91 Å². The predicted octanol–water partition coefficient (Wildman–Crippen LogP) is 2.75. The number of carbonyl (C=O) groups is 2. The Balaban J connectivity index is 2.01. The van der Waals surface area contributed by atoms with Gasteiger partial charge in [0.2, 0.25) is 0 Å². The second kappa shape index (κ2) is 6.87. The Kier molecular flexibility index (Phi) is 5.14. The third-order valence-corrected chi connectivity index (χ3v) is 4.59. The summed E-state index contributed by atoms with van der Waals surface area (Å²) in [6.45, 7) is 4.23. The summed E-state index contributed by atoms with van der Waals surface area (Å²) in [7, 11) is 0. The van der Waals surface area contributed by atoms with Crippen LogP contribution in [0.2, 0.25) is 0 Å². The summed E-state index contributed by atoms with van der Waals surface area (Å²) < 4.78 is 0. The zero-order valence-corrected chi connectivity index (χ0v) is 13.0. The van der Waals surface area contributed by atoms with Crippen molar-refractivity contribution < 1.29 is 14.7 Å². The molecule has 0 radical (unpaired) electrons. The fraction of sp³-hybridized carbons (Fsp3) is 0.467. The maximum absolute atomic E-state index is 12.3. The SMILES string of the molecule is CC1CCCC(C)N1NC(=O)c1csc(/C=C/C(=O)O)c1. The molecule has 0 aromatic carbocycles. The quantitative estimate of drug-likeness (QED) is 0.839. The highest BCUT2D eigenvalue weighted by molar-refractivity contribution is 7.11. The van der Waals surface area contributed by atoms with Gasteiger partial charge >= 0.3 is 5.97 Å². The summed E-state index contributed by atoms with van der Waals surface area (Å²) in [5, 5.41) is 12.4. The van der Waals surface area contributed by atoms with Crippen LogP contribution >= 0.6 is 11.3 Å². The van der Waals surface area contributed by atoms with E-state index in [0.29, 0.717) is 17.6 Å². The van der Waals surface area contributed by atoms with Crippen molar-refractivity contribution in [2.75, 3.05) is 0 Å². The van der Waals surface area contributed by atoms with Crippen LogP contribution in [0.3, 0.4) is 0 Å². The smallest absolute Gasteiger partial charge is 0.328 e. The molecule has 2 unspecified atom stereocenters. The molecule has 21 heavy (non-hydrogen) atoms. The molecule has 1 aromatic heterocycles. The number of nitrogens with zero attached hydrogens (tertiary/aromatic N) is 1. The van der Waals surface area contributed by atoms with Crippen molar-refractivity contribution >= 4 is 29.3 Å². The van der Waals surface area contributed by atoms with E-state index >= 15 is 0 Å². The van der Waals surface area contributed by atoms with E-state index in [1.165, 1.54) is 23.8 Å². The molecule has 1 aliphatic heterocycles. The minimum Gasteiger partial charge on any atom is -0.478 e. The molecular formula is C15H20N2O3S. The number of carboxylic acid groups (broad SMARTS) is 1. The van der Waals surface area contributed by atoms with E-state index < -0.39 is 5.97 Å². The maximum Gasteiger partial charge on any atom is 0.328 e. The molecule has 1 saturated heterocycles. The molecule has 2 heterocycles. The van der Waals surface area contributed by atoms with E-state index in [0.717, 1.165) is 23.8 Å². The third kappa shape index (κ3) is 4.15. The largest absolute Gasteiger partial charge is 0.478 e. The molecule has 0 spiro atoms. The van der Waals surface area contributed by atoms with Crippen LogP contribution in [0.15, 0.2) is 17.5 Å². The molecule has 2 N–H and O–H groups in total.